The highest BCUT2D eigenvalue weighted by atomic mass is 19.1. The lowest BCUT2D eigenvalue weighted by molar-refractivity contribution is 0.0940. The van der Waals surface area contributed by atoms with Gasteiger partial charge in [-0.15, -0.1) is 0 Å². The highest BCUT2D eigenvalue weighted by molar-refractivity contribution is 5.94. The first kappa shape index (κ1) is 19.2. The molecule has 1 aliphatic rings. The van der Waals surface area contributed by atoms with Crippen molar-refractivity contribution in [2.75, 3.05) is 13.2 Å². The minimum atomic E-state index is -0.252. The molecular weight excluding hydrogens is 345 g/mol. The summed E-state index contributed by atoms with van der Waals surface area (Å²) in [6, 6.07) is 12.4. The summed E-state index contributed by atoms with van der Waals surface area (Å²) >= 11 is 0. The minimum Gasteiger partial charge on any atom is -0.508 e. The zero-order valence-corrected chi connectivity index (χ0v) is 15.4. The van der Waals surface area contributed by atoms with Crippen LogP contribution in [-0.4, -0.2) is 24.2 Å². The fourth-order valence-corrected chi connectivity index (χ4v) is 3.55. The molecule has 0 saturated heterocycles. The zero-order valence-electron chi connectivity index (χ0n) is 15.4. The summed E-state index contributed by atoms with van der Waals surface area (Å²) < 4.78 is 18.6. The summed E-state index contributed by atoms with van der Waals surface area (Å²) in [6.45, 7) is 1.34. The number of carbonyl (C=O) groups excluding carboxylic acids is 1. The normalized spacial score (nSPS) is 19.4. The topological polar surface area (TPSA) is 58.6 Å². The SMILES string of the molecule is O=C(NCC1CCC(CCOc2ccc(F)cc2)CC1)c1ccc(O)cc1. The number of halogens is 1. The Kier molecular flexibility index (Phi) is 6.69. The van der Waals surface area contributed by atoms with Crippen LogP contribution >= 0.6 is 0 Å². The molecule has 2 aromatic rings. The monoisotopic (exact) mass is 371 g/mol. The van der Waals surface area contributed by atoms with E-state index >= 15 is 0 Å². The Morgan fingerprint density at radius 1 is 1.00 bits per heavy atom. The number of phenols is 1. The Balaban J connectivity index is 1.32. The number of phenolic OH excluding ortho intramolecular Hbond substituents is 1. The second-order valence-electron chi connectivity index (χ2n) is 7.23. The molecule has 1 saturated carbocycles. The fraction of sp³-hybridized carbons (Fsp3) is 0.409. The molecule has 0 radical (unpaired) electrons. The zero-order chi connectivity index (χ0) is 19.1. The highest BCUT2D eigenvalue weighted by Gasteiger charge is 2.21. The summed E-state index contributed by atoms with van der Waals surface area (Å²) in [5, 5.41) is 12.3. The number of ether oxygens (including phenoxy) is 1. The lowest BCUT2D eigenvalue weighted by atomic mass is 9.80. The van der Waals surface area contributed by atoms with Crippen LogP contribution in [0.4, 0.5) is 4.39 Å². The van der Waals surface area contributed by atoms with E-state index in [-0.39, 0.29) is 17.5 Å². The number of nitrogens with one attached hydrogen (secondary N) is 1. The standard InChI is InChI=1S/C22H26FNO3/c23-19-7-11-21(12-8-19)27-14-13-16-1-3-17(4-2-16)15-24-22(26)18-5-9-20(25)10-6-18/h5-12,16-17,25H,1-4,13-15H2,(H,24,26). The predicted molar refractivity (Wildman–Crippen MR) is 102 cm³/mol. The number of amides is 1. The average Bonchev–Trinajstić information content (AvgIpc) is 2.69. The second-order valence-corrected chi connectivity index (χ2v) is 7.23. The van der Waals surface area contributed by atoms with E-state index in [1.54, 1.807) is 24.3 Å². The van der Waals surface area contributed by atoms with Crippen LogP contribution in [0.3, 0.4) is 0 Å². The molecule has 0 aromatic heterocycles. The molecule has 1 aliphatic carbocycles. The van der Waals surface area contributed by atoms with Gasteiger partial charge in [0.1, 0.15) is 17.3 Å². The van der Waals surface area contributed by atoms with Crippen molar-refractivity contribution in [3.8, 4) is 11.5 Å². The molecule has 1 amide bonds. The van der Waals surface area contributed by atoms with Gasteiger partial charge in [-0.1, -0.05) is 0 Å². The summed E-state index contributed by atoms with van der Waals surface area (Å²) in [4.78, 5) is 12.1. The van der Waals surface area contributed by atoms with Gasteiger partial charge in [-0.25, -0.2) is 4.39 Å². The molecule has 2 N–H and O–H groups in total. The number of rotatable bonds is 7. The lowest BCUT2D eigenvalue weighted by Gasteiger charge is -2.28. The summed E-state index contributed by atoms with van der Waals surface area (Å²) in [5.74, 6) is 1.69. The van der Waals surface area contributed by atoms with Crippen LogP contribution < -0.4 is 10.1 Å². The van der Waals surface area contributed by atoms with Crippen LogP contribution in [0.1, 0.15) is 42.5 Å². The van der Waals surface area contributed by atoms with Gasteiger partial charge in [0.25, 0.3) is 5.91 Å². The molecule has 0 aliphatic heterocycles. The Hall–Kier alpha value is -2.56. The van der Waals surface area contributed by atoms with Crippen molar-refractivity contribution < 1.29 is 19.0 Å². The van der Waals surface area contributed by atoms with E-state index in [0.717, 1.165) is 32.1 Å². The minimum absolute atomic E-state index is 0.0928. The van der Waals surface area contributed by atoms with Gasteiger partial charge < -0.3 is 15.2 Å². The van der Waals surface area contributed by atoms with Crippen molar-refractivity contribution in [3.05, 3.63) is 59.9 Å². The number of hydrogen-bond acceptors (Lipinski definition) is 3. The molecule has 0 spiro atoms. The van der Waals surface area contributed by atoms with Gasteiger partial charge in [0, 0.05) is 12.1 Å². The van der Waals surface area contributed by atoms with Crippen molar-refractivity contribution in [2.24, 2.45) is 11.8 Å². The number of hydrogen-bond donors (Lipinski definition) is 2. The molecule has 1 fully saturated rings. The first-order valence-corrected chi connectivity index (χ1v) is 9.56. The number of carbonyl (C=O) groups is 1. The van der Waals surface area contributed by atoms with E-state index in [9.17, 15) is 14.3 Å². The van der Waals surface area contributed by atoms with Crippen LogP contribution in [0.2, 0.25) is 0 Å². The van der Waals surface area contributed by atoms with Crippen molar-refractivity contribution in [1.29, 1.82) is 0 Å². The Morgan fingerprint density at radius 3 is 2.30 bits per heavy atom. The summed E-state index contributed by atoms with van der Waals surface area (Å²) in [7, 11) is 0. The predicted octanol–water partition coefficient (Wildman–Crippen LogP) is 4.54. The van der Waals surface area contributed by atoms with Crippen molar-refractivity contribution in [2.45, 2.75) is 32.1 Å². The molecule has 27 heavy (non-hydrogen) atoms. The van der Waals surface area contributed by atoms with Crippen LogP contribution in [0.15, 0.2) is 48.5 Å². The molecule has 0 unspecified atom stereocenters. The third kappa shape index (κ3) is 5.98. The van der Waals surface area contributed by atoms with E-state index < -0.39 is 0 Å². The molecule has 0 atom stereocenters. The second kappa shape index (κ2) is 9.40. The van der Waals surface area contributed by atoms with Crippen molar-refractivity contribution in [3.63, 3.8) is 0 Å². The van der Waals surface area contributed by atoms with Crippen LogP contribution in [0.5, 0.6) is 11.5 Å². The smallest absolute Gasteiger partial charge is 0.251 e. The van der Waals surface area contributed by atoms with E-state index in [2.05, 4.69) is 5.32 Å². The van der Waals surface area contributed by atoms with Crippen LogP contribution in [0.25, 0.3) is 0 Å². The molecule has 2 aromatic carbocycles. The van der Waals surface area contributed by atoms with E-state index in [1.165, 1.54) is 24.3 Å². The first-order valence-electron chi connectivity index (χ1n) is 9.56. The van der Waals surface area contributed by atoms with Gasteiger partial charge in [0.15, 0.2) is 0 Å². The number of benzene rings is 2. The molecule has 5 heteroatoms. The van der Waals surface area contributed by atoms with Gasteiger partial charge in [-0.3, -0.25) is 4.79 Å². The Morgan fingerprint density at radius 2 is 1.63 bits per heavy atom. The lowest BCUT2D eigenvalue weighted by Crippen LogP contribution is -2.31. The van der Waals surface area contributed by atoms with E-state index in [1.807, 2.05) is 0 Å². The molecule has 0 bridgehead atoms. The van der Waals surface area contributed by atoms with Crippen molar-refractivity contribution in [1.82, 2.24) is 5.32 Å². The van der Waals surface area contributed by atoms with Gasteiger partial charge in [-0.2, -0.15) is 0 Å². The summed E-state index contributed by atoms with van der Waals surface area (Å²) in [6.07, 6.45) is 5.51. The molecule has 0 heterocycles. The maximum absolute atomic E-state index is 12.9. The largest absolute Gasteiger partial charge is 0.508 e. The quantitative estimate of drug-likeness (QED) is 0.751. The van der Waals surface area contributed by atoms with Crippen molar-refractivity contribution >= 4 is 5.91 Å². The third-order valence-corrected chi connectivity index (χ3v) is 5.26. The number of aromatic hydroxyl groups is 1. The third-order valence-electron chi connectivity index (χ3n) is 5.26. The Labute approximate surface area is 159 Å². The van der Waals surface area contributed by atoms with Gasteiger partial charge in [0.05, 0.1) is 6.61 Å². The van der Waals surface area contributed by atoms with Gasteiger partial charge >= 0.3 is 0 Å². The van der Waals surface area contributed by atoms with Crippen LogP contribution in [-0.2, 0) is 0 Å². The highest BCUT2D eigenvalue weighted by Crippen LogP contribution is 2.30. The molecule has 3 rings (SSSR count). The fourth-order valence-electron chi connectivity index (χ4n) is 3.55. The van der Waals surface area contributed by atoms with E-state index in [4.69, 9.17) is 4.74 Å². The van der Waals surface area contributed by atoms with Gasteiger partial charge in [-0.05, 0) is 92.5 Å². The maximum atomic E-state index is 12.9. The Bertz CT molecular complexity index is 722. The summed E-state index contributed by atoms with van der Waals surface area (Å²) in [5.41, 5.74) is 0.569. The average molecular weight is 371 g/mol. The van der Waals surface area contributed by atoms with E-state index in [0.29, 0.717) is 36.3 Å². The first-order chi connectivity index (χ1) is 13.1. The molecule has 144 valence electrons. The van der Waals surface area contributed by atoms with Crippen LogP contribution in [0, 0.1) is 17.7 Å². The molecular formula is C22H26FNO3. The maximum Gasteiger partial charge on any atom is 0.251 e. The van der Waals surface area contributed by atoms with Gasteiger partial charge in [0.2, 0.25) is 0 Å². The molecule has 4 nitrogen and oxygen atoms in total.